The Balaban J connectivity index is 4.41. The summed E-state index contributed by atoms with van der Waals surface area (Å²) in [7, 11) is 0. The lowest BCUT2D eigenvalue weighted by Crippen LogP contribution is -2.30. The Kier molecular flexibility index (Phi) is 64.7. The van der Waals surface area contributed by atoms with Crippen LogP contribution < -0.4 is 0 Å². The van der Waals surface area contributed by atoms with E-state index >= 15 is 0 Å². The van der Waals surface area contributed by atoms with E-state index in [2.05, 4.69) is 118 Å². The highest BCUT2D eigenvalue weighted by Gasteiger charge is 2.19. The minimum atomic E-state index is -0.790. The lowest BCUT2D eigenvalue weighted by atomic mass is 10.1. The molecule has 0 spiro atoms. The summed E-state index contributed by atoms with van der Waals surface area (Å²) < 4.78 is 17.0. The Hall–Kier alpha value is -3.67. The molecule has 0 aliphatic rings. The van der Waals surface area contributed by atoms with Gasteiger partial charge in [-0.1, -0.05) is 291 Å². The van der Waals surface area contributed by atoms with E-state index in [1.807, 2.05) is 0 Å². The number of allylic oxidation sites excluding steroid dienone is 16. The standard InChI is InChI=1S/C74H128O6/c1-4-7-10-13-16-19-22-25-28-31-34-36-37-39-40-43-46-49-52-55-58-61-64-67-73(76)79-70-71(69-78-72(75)66-63-60-57-54-51-48-45-42-33-30-27-24-21-18-15-12-9-6-3)80-74(77)68-65-62-59-56-53-50-47-44-41-38-35-32-29-26-23-20-17-14-11-8-5-2/h8,11,17,20,22,25-26,29-31,33-35,37-39,71H,4-7,9-10,12-16,18-19,21,23-24,27-28,32,36,40-70H2,1-3H3/b11-8-,20-17-,25-22-,29-26-,33-30-,34-31-,38-35-,39-37-. The van der Waals surface area contributed by atoms with Crippen LogP contribution in [0.5, 0.6) is 0 Å². The second-order valence-electron chi connectivity index (χ2n) is 22.7. The van der Waals surface area contributed by atoms with Gasteiger partial charge in [-0.2, -0.15) is 0 Å². The van der Waals surface area contributed by atoms with Gasteiger partial charge in [-0.3, -0.25) is 14.4 Å². The zero-order chi connectivity index (χ0) is 57.8. The molecule has 0 radical (unpaired) electrons. The van der Waals surface area contributed by atoms with Gasteiger partial charge in [0, 0.05) is 19.3 Å². The quantitative estimate of drug-likeness (QED) is 0.0261. The van der Waals surface area contributed by atoms with Crippen LogP contribution in [0, 0.1) is 0 Å². The van der Waals surface area contributed by atoms with Gasteiger partial charge in [0.25, 0.3) is 0 Å². The van der Waals surface area contributed by atoms with Crippen LogP contribution in [0.1, 0.15) is 335 Å². The van der Waals surface area contributed by atoms with E-state index < -0.39 is 6.10 Å². The minimum Gasteiger partial charge on any atom is -0.462 e. The summed E-state index contributed by atoms with van der Waals surface area (Å²) in [5.74, 6) is -0.890. The summed E-state index contributed by atoms with van der Waals surface area (Å²) in [5, 5.41) is 0. The number of rotatable bonds is 62. The maximum absolute atomic E-state index is 13.0. The summed E-state index contributed by atoms with van der Waals surface area (Å²) >= 11 is 0. The molecule has 6 heteroatoms. The molecule has 80 heavy (non-hydrogen) atoms. The molecule has 1 atom stereocenters. The Morgan fingerprint density at radius 3 is 0.775 bits per heavy atom. The van der Waals surface area contributed by atoms with Gasteiger partial charge < -0.3 is 14.2 Å². The Morgan fingerprint density at radius 2 is 0.487 bits per heavy atom. The first-order valence-electron chi connectivity index (χ1n) is 34.2. The molecule has 460 valence electrons. The second kappa shape index (κ2) is 67.8. The van der Waals surface area contributed by atoms with E-state index in [1.165, 1.54) is 186 Å². The van der Waals surface area contributed by atoms with Gasteiger partial charge in [0.15, 0.2) is 6.10 Å². The van der Waals surface area contributed by atoms with Crippen LogP contribution in [-0.2, 0) is 28.6 Å². The summed E-state index contributed by atoms with van der Waals surface area (Å²) in [4.78, 5) is 38.5. The highest BCUT2D eigenvalue weighted by atomic mass is 16.6. The molecule has 0 saturated heterocycles. The third kappa shape index (κ3) is 65.1. The second-order valence-corrected chi connectivity index (χ2v) is 22.7. The maximum atomic E-state index is 13.0. The number of hydrogen-bond donors (Lipinski definition) is 0. The molecule has 0 aromatic heterocycles. The molecule has 1 unspecified atom stereocenters. The molecule has 0 aromatic carbocycles. The Bertz CT molecular complexity index is 1560. The smallest absolute Gasteiger partial charge is 0.306 e. The van der Waals surface area contributed by atoms with E-state index in [1.54, 1.807) is 0 Å². The van der Waals surface area contributed by atoms with E-state index in [4.69, 9.17) is 14.2 Å². The number of carbonyl (C=O) groups excluding carboxylic acids is 3. The average Bonchev–Trinajstić information content (AvgIpc) is 3.46. The molecular formula is C74H128O6. The molecule has 0 aliphatic heterocycles. The summed E-state index contributed by atoms with van der Waals surface area (Å²) in [6.07, 6.45) is 91.2. The van der Waals surface area contributed by atoms with Crippen molar-refractivity contribution >= 4 is 17.9 Å². The van der Waals surface area contributed by atoms with Crippen molar-refractivity contribution in [1.82, 2.24) is 0 Å². The monoisotopic (exact) mass is 1110 g/mol. The van der Waals surface area contributed by atoms with E-state index in [9.17, 15) is 14.4 Å². The van der Waals surface area contributed by atoms with Gasteiger partial charge in [-0.25, -0.2) is 0 Å². The van der Waals surface area contributed by atoms with Crippen molar-refractivity contribution in [2.75, 3.05) is 13.2 Å². The molecule has 0 heterocycles. The Labute approximate surface area is 496 Å². The third-order valence-electron chi connectivity index (χ3n) is 14.8. The first-order chi connectivity index (χ1) is 39.5. The largest absolute Gasteiger partial charge is 0.462 e. The molecule has 0 aliphatic carbocycles. The highest BCUT2D eigenvalue weighted by molar-refractivity contribution is 5.71. The summed E-state index contributed by atoms with van der Waals surface area (Å²) in [6, 6.07) is 0. The van der Waals surface area contributed by atoms with Gasteiger partial charge >= 0.3 is 17.9 Å². The number of carbonyl (C=O) groups is 3. The van der Waals surface area contributed by atoms with Crippen LogP contribution in [-0.4, -0.2) is 37.2 Å². The molecule has 0 fully saturated rings. The van der Waals surface area contributed by atoms with Crippen LogP contribution in [0.25, 0.3) is 0 Å². The molecule has 6 nitrogen and oxygen atoms in total. The third-order valence-corrected chi connectivity index (χ3v) is 14.8. The molecule has 0 N–H and O–H groups in total. The highest BCUT2D eigenvalue weighted by Crippen LogP contribution is 2.16. The van der Waals surface area contributed by atoms with Crippen molar-refractivity contribution in [3.05, 3.63) is 97.2 Å². The van der Waals surface area contributed by atoms with Crippen LogP contribution in [0.3, 0.4) is 0 Å². The van der Waals surface area contributed by atoms with Crippen LogP contribution in [0.15, 0.2) is 97.2 Å². The lowest BCUT2D eigenvalue weighted by Gasteiger charge is -2.18. The predicted octanol–water partition coefficient (Wildman–Crippen LogP) is 23.6. The molecule has 0 bridgehead atoms. The number of unbranched alkanes of at least 4 members (excludes halogenated alkanes) is 35. The van der Waals surface area contributed by atoms with Gasteiger partial charge in [-0.15, -0.1) is 0 Å². The first kappa shape index (κ1) is 76.3. The van der Waals surface area contributed by atoms with Gasteiger partial charge in [-0.05, 0) is 122 Å². The molecule has 0 saturated carbocycles. The Morgan fingerprint density at radius 1 is 0.263 bits per heavy atom. The van der Waals surface area contributed by atoms with Gasteiger partial charge in [0.05, 0.1) is 0 Å². The van der Waals surface area contributed by atoms with Crippen molar-refractivity contribution < 1.29 is 28.6 Å². The summed E-state index contributed by atoms with van der Waals surface area (Å²) in [5.41, 5.74) is 0. The molecule has 0 amide bonds. The van der Waals surface area contributed by atoms with Crippen molar-refractivity contribution in [1.29, 1.82) is 0 Å². The van der Waals surface area contributed by atoms with Gasteiger partial charge in [0.2, 0.25) is 0 Å². The number of hydrogen-bond acceptors (Lipinski definition) is 6. The zero-order valence-corrected chi connectivity index (χ0v) is 52.8. The summed E-state index contributed by atoms with van der Waals surface area (Å²) in [6.45, 7) is 6.54. The van der Waals surface area contributed by atoms with Crippen LogP contribution in [0.2, 0.25) is 0 Å². The molecule has 0 rings (SSSR count). The SMILES string of the molecule is CC/C=C\C/C=C\C/C=C\C/C=C\CCCCCCCCCCC(=O)OC(COC(=O)CCCCCCCCC/C=C\CCCCCCCCC)COC(=O)CCCCCCCCCC/C=C\C/C=C\C/C=C\CCCCCCC. The van der Waals surface area contributed by atoms with Crippen molar-refractivity contribution in [3.63, 3.8) is 0 Å². The molecule has 0 aromatic rings. The van der Waals surface area contributed by atoms with Crippen LogP contribution >= 0.6 is 0 Å². The maximum Gasteiger partial charge on any atom is 0.306 e. The van der Waals surface area contributed by atoms with E-state index in [0.717, 1.165) is 109 Å². The zero-order valence-electron chi connectivity index (χ0n) is 52.8. The fourth-order valence-corrected chi connectivity index (χ4v) is 9.67. The normalized spacial score (nSPS) is 12.7. The van der Waals surface area contributed by atoms with Crippen molar-refractivity contribution in [2.24, 2.45) is 0 Å². The molecular weight excluding hydrogens is 985 g/mol. The van der Waals surface area contributed by atoms with Crippen molar-refractivity contribution in [3.8, 4) is 0 Å². The first-order valence-corrected chi connectivity index (χ1v) is 34.2. The fraction of sp³-hybridized carbons (Fsp3) is 0.743. The van der Waals surface area contributed by atoms with E-state index in [0.29, 0.717) is 19.3 Å². The van der Waals surface area contributed by atoms with E-state index in [-0.39, 0.29) is 31.1 Å². The average molecular weight is 1110 g/mol. The van der Waals surface area contributed by atoms with Crippen LogP contribution in [0.4, 0.5) is 0 Å². The minimum absolute atomic E-state index is 0.0846. The fourth-order valence-electron chi connectivity index (χ4n) is 9.67. The topological polar surface area (TPSA) is 78.9 Å². The number of esters is 3. The van der Waals surface area contributed by atoms with Gasteiger partial charge in [0.1, 0.15) is 13.2 Å². The van der Waals surface area contributed by atoms with Crippen molar-refractivity contribution in [2.45, 2.75) is 341 Å². The number of ether oxygens (including phenoxy) is 3. The lowest BCUT2D eigenvalue weighted by molar-refractivity contribution is -0.167. The predicted molar refractivity (Wildman–Crippen MR) is 348 cm³/mol.